The van der Waals surface area contributed by atoms with Crippen LogP contribution in [0.3, 0.4) is 0 Å². The molecule has 1 amide bonds. The lowest BCUT2D eigenvalue weighted by molar-refractivity contribution is -0.115. The van der Waals surface area contributed by atoms with Crippen LogP contribution in [0.25, 0.3) is 0 Å². The Morgan fingerprint density at radius 1 is 1.05 bits per heavy atom. The summed E-state index contributed by atoms with van der Waals surface area (Å²) in [6.07, 6.45) is 0.385. The van der Waals surface area contributed by atoms with Crippen molar-refractivity contribution in [2.24, 2.45) is 0 Å². The van der Waals surface area contributed by atoms with E-state index >= 15 is 0 Å². The van der Waals surface area contributed by atoms with Crippen LogP contribution in [0.1, 0.15) is 13.3 Å². The van der Waals surface area contributed by atoms with Crippen molar-refractivity contribution < 1.29 is 9.53 Å². The first-order chi connectivity index (χ1) is 10.7. The smallest absolute Gasteiger partial charge is 0.226 e. The summed E-state index contributed by atoms with van der Waals surface area (Å²) in [4.78, 5) is 11.8. The number of ether oxygens (including phenoxy) is 1. The Morgan fingerprint density at radius 2 is 1.68 bits per heavy atom. The predicted octanol–water partition coefficient (Wildman–Crippen LogP) is 4.18. The van der Waals surface area contributed by atoms with Crippen molar-refractivity contribution >= 4 is 28.9 Å². The summed E-state index contributed by atoms with van der Waals surface area (Å²) in [6.45, 7) is 3.16. The van der Waals surface area contributed by atoms with E-state index in [1.165, 1.54) is 0 Å². The second kappa shape index (κ2) is 8.29. The third kappa shape index (κ3) is 5.30. The van der Waals surface area contributed by atoms with Crippen LogP contribution in [-0.4, -0.2) is 19.1 Å². The highest BCUT2D eigenvalue weighted by atomic mass is 35.5. The molecule has 0 aliphatic heterocycles. The molecule has 0 spiro atoms. The van der Waals surface area contributed by atoms with Gasteiger partial charge in [-0.1, -0.05) is 11.6 Å². The van der Waals surface area contributed by atoms with Crippen molar-refractivity contribution in [1.29, 1.82) is 0 Å². The molecule has 2 rings (SSSR count). The molecule has 2 aromatic rings. The molecular formula is C17H19ClN2O2. The number of carbonyl (C=O) groups is 1. The van der Waals surface area contributed by atoms with Crippen LogP contribution in [0.5, 0.6) is 5.75 Å². The predicted molar refractivity (Wildman–Crippen MR) is 90.8 cm³/mol. The Labute approximate surface area is 135 Å². The number of benzene rings is 2. The Bertz CT molecular complexity index is 597. The van der Waals surface area contributed by atoms with Gasteiger partial charge in [0.05, 0.1) is 6.61 Å². The van der Waals surface area contributed by atoms with E-state index in [4.69, 9.17) is 16.3 Å². The molecule has 0 bridgehead atoms. The SMILES string of the molecule is CCOc1ccc(NCCC(=O)Nc2ccc(Cl)cc2)cc1. The van der Waals surface area contributed by atoms with Gasteiger partial charge in [0.25, 0.3) is 0 Å². The molecular weight excluding hydrogens is 300 g/mol. The van der Waals surface area contributed by atoms with E-state index in [-0.39, 0.29) is 5.91 Å². The largest absolute Gasteiger partial charge is 0.494 e. The highest BCUT2D eigenvalue weighted by molar-refractivity contribution is 6.30. The van der Waals surface area contributed by atoms with E-state index in [9.17, 15) is 4.79 Å². The molecule has 0 aromatic heterocycles. The van der Waals surface area contributed by atoms with Gasteiger partial charge >= 0.3 is 0 Å². The summed E-state index contributed by atoms with van der Waals surface area (Å²) in [5.74, 6) is 0.800. The van der Waals surface area contributed by atoms with Crippen LogP contribution in [0, 0.1) is 0 Å². The van der Waals surface area contributed by atoms with Crippen molar-refractivity contribution in [3.8, 4) is 5.75 Å². The van der Waals surface area contributed by atoms with Gasteiger partial charge in [-0.25, -0.2) is 0 Å². The second-order valence-corrected chi connectivity index (χ2v) is 5.13. The first-order valence-corrected chi connectivity index (χ1v) is 7.57. The van der Waals surface area contributed by atoms with Crippen LogP contribution < -0.4 is 15.4 Å². The van der Waals surface area contributed by atoms with Crippen LogP contribution >= 0.6 is 11.6 Å². The third-order valence-electron chi connectivity index (χ3n) is 2.97. The van der Waals surface area contributed by atoms with Crippen molar-refractivity contribution in [3.05, 3.63) is 53.6 Å². The lowest BCUT2D eigenvalue weighted by atomic mass is 10.3. The molecule has 0 fully saturated rings. The van der Waals surface area contributed by atoms with Crippen molar-refractivity contribution in [1.82, 2.24) is 0 Å². The van der Waals surface area contributed by atoms with Gasteiger partial charge in [0.2, 0.25) is 5.91 Å². The fraction of sp³-hybridized carbons (Fsp3) is 0.235. The van der Waals surface area contributed by atoms with Gasteiger partial charge in [-0.05, 0) is 55.5 Å². The number of anilines is 2. The number of hydrogen-bond acceptors (Lipinski definition) is 3. The van der Waals surface area contributed by atoms with Crippen LogP contribution in [-0.2, 0) is 4.79 Å². The maximum Gasteiger partial charge on any atom is 0.226 e. The number of carbonyl (C=O) groups excluding carboxylic acids is 1. The molecule has 116 valence electrons. The first kappa shape index (κ1) is 16.2. The van der Waals surface area contributed by atoms with Crippen molar-refractivity contribution in [3.63, 3.8) is 0 Å². The standard InChI is InChI=1S/C17H19ClN2O2/c1-2-22-16-9-7-14(8-10-16)19-12-11-17(21)20-15-5-3-13(18)4-6-15/h3-10,19H,2,11-12H2,1H3,(H,20,21). The highest BCUT2D eigenvalue weighted by Gasteiger charge is 2.02. The minimum absolute atomic E-state index is 0.0410. The summed E-state index contributed by atoms with van der Waals surface area (Å²) >= 11 is 5.80. The van der Waals surface area contributed by atoms with Gasteiger partial charge in [0, 0.05) is 29.4 Å². The van der Waals surface area contributed by atoms with Gasteiger partial charge in [0.15, 0.2) is 0 Å². The Hall–Kier alpha value is -2.20. The molecule has 0 aliphatic rings. The molecule has 2 N–H and O–H groups in total. The lowest BCUT2D eigenvalue weighted by Crippen LogP contribution is -2.16. The molecule has 0 saturated heterocycles. The summed E-state index contributed by atoms with van der Waals surface area (Å²) < 4.78 is 5.38. The maximum atomic E-state index is 11.8. The molecule has 0 atom stereocenters. The van der Waals surface area contributed by atoms with E-state index in [2.05, 4.69) is 10.6 Å². The molecule has 0 heterocycles. The van der Waals surface area contributed by atoms with Gasteiger partial charge in [-0.3, -0.25) is 4.79 Å². The minimum Gasteiger partial charge on any atom is -0.494 e. The van der Waals surface area contributed by atoms with E-state index in [0.717, 1.165) is 17.1 Å². The zero-order valence-corrected chi connectivity index (χ0v) is 13.2. The van der Waals surface area contributed by atoms with Crippen molar-refractivity contribution in [2.75, 3.05) is 23.8 Å². The summed E-state index contributed by atoms with van der Waals surface area (Å²) in [5, 5.41) is 6.67. The molecule has 0 aliphatic carbocycles. The molecule has 0 radical (unpaired) electrons. The molecule has 5 heteroatoms. The van der Waals surface area contributed by atoms with Gasteiger partial charge in [-0.2, -0.15) is 0 Å². The summed E-state index contributed by atoms with van der Waals surface area (Å²) in [7, 11) is 0. The number of rotatable bonds is 7. The van der Waals surface area contributed by atoms with E-state index in [1.807, 2.05) is 31.2 Å². The normalized spacial score (nSPS) is 10.1. The minimum atomic E-state index is -0.0410. The van der Waals surface area contributed by atoms with Gasteiger partial charge in [-0.15, -0.1) is 0 Å². The fourth-order valence-electron chi connectivity index (χ4n) is 1.91. The molecule has 4 nitrogen and oxygen atoms in total. The highest BCUT2D eigenvalue weighted by Crippen LogP contribution is 2.16. The van der Waals surface area contributed by atoms with E-state index < -0.39 is 0 Å². The van der Waals surface area contributed by atoms with E-state index in [1.54, 1.807) is 24.3 Å². The third-order valence-corrected chi connectivity index (χ3v) is 3.23. The van der Waals surface area contributed by atoms with Gasteiger partial charge in [0.1, 0.15) is 5.75 Å². The Kier molecular flexibility index (Phi) is 6.10. The van der Waals surface area contributed by atoms with Gasteiger partial charge < -0.3 is 15.4 Å². The molecule has 22 heavy (non-hydrogen) atoms. The van der Waals surface area contributed by atoms with E-state index in [0.29, 0.717) is 24.6 Å². The van der Waals surface area contributed by atoms with Crippen LogP contribution in [0.2, 0.25) is 5.02 Å². The maximum absolute atomic E-state index is 11.8. The quantitative estimate of drug-likeness (QED) is 0.805. The van der Waals surface area contributed by atoms with Crippen molar-refractivity contribution in [2.45, 2.75) is 13.3 Å². The topological polar surface area (TPSA) is 50.4 Å². The zero-order valence-electron chi connectivity index (χ0n) is 12.4. The average Bonchev–Trinajstić information content (AvgIpc) is 2.52. The lowest BCUT2D eigenvalue weighted by Gasteiger charge is -2.08. The van der Waals surface area contributed by atoms with Crippen LogP contribution in [0.4, 0.5) is 11.4 Å². The Balaban J connectivity index is 1.73. The fourth-order valence-corrected chi connectivity index (χ4v) is 2.04. The first-order valence-electron chi connectivity index (χ1n) is 7.19. The number of halogens is 1. The molecule has 0 saturated carbocycles. The molecule has 2 aromatic carbocycles. The summed E-state index contributed by atoms with van der Waals surface area (Å²) in [5.41, 5.74) is 1.71. The monoisotopic (exact) mass is 318 g/mol. The Morgan fingerprint density at radius 3 is 2.32 bits per heavy atom. The number of hydrogen-bond donors (Lipinski definition) is 2. The second-order valence-electron chi connectivity index (χ2n) is 4.69. The number of nitrogens with one attached hydrogen (secondary N) is 2. The molecule has 0 unspecified atom stereocenters. The van der Waals surface area contributed by atoms with Crippen LogP contribution in [0.15, 0.2) is 48.5 Å². The summed E-state index contributed by atoms with van der Waals surface area (Å²) in [6, 6.07) is 14.7. The zero-order chi connectivity index (χ0) is 15.8. The number of amides is 1. The average molecular weight is 319 g/mol.